The van der Waals surface area contributed by atoms with Crippen molar-refractivity contribution in [3.63, 3.8) is 0 Å². The first-order chi connectivity index (χ1) is 12.0. The van der Waals surface area contributed by atoms with Crippen LogP contribution in [-0.4, -0.2) is 25.4 Å². The Bertz CT molecular complexity index is 802. The molecule has 1 aliphatic rings. The highest BCUT2D eigenvalue weighted by Crippen LogP contribution is 2.25. The fourth-order valence-electron chi connectivity index (χ4n) is 3.16. The molecule has 1 heterocycles. The van der Waals surface area contributed by atoms with Gasteiger partial charge >= 0.3 is 0 Å². The second-order valence-corrected chi connectivity index (χ2v) is 7.26. The van der Waals surface area contributed by atoms with Crippen LogP contribution in [0, 0.1) is 6.92 Å². The van der Waals surface area contributed by atoms with E-state index >= 15 is 0 Å². The van der Waals surface area contributed by atoms with E-state index in [0.29, 0.717) is 12.0 Å². The molecule has 0 aromatic heterocycles. The van der Waals surface area contributed by atoms with Gasteiger partial charge in [-0.2, -0.15) is 0 Å². The molecule has 2 aromatic rings. The van der Waals surface area contributed by atoms with E-state index in [1.165, 1.54) is 0 Å². The smallest absolute Gasteiger partial charge is 0.258 e. The minimum Gasteiger partial charge on any atom is -0.312 e. The molecule has 1 fully saturated rings. The fraction of sp³-hybridized carbons (Fsp3) is 0.300. The Morgan fingerprint density at radius 1 is 1.12 bits per heavy atom. The molecule has 0 N–H and O–H groups in total. The molecule has 25 heavy (non-hydrogen) atoms. The third-order valence-corrected chi connectivity index (χ3v) is 5.07. The minimum absolute atomic E-state index is 0.0676. The Kier molecular flexibility index (Phi) is 5.23. The summed E-state index contributed by atoms with van der Waals surface area (Å²) in [7, 11) is 1.78. The van der Waals surface area contributed by atoms with Gasteiger partial charge in [-0.1, -0.05) is 15.9 Å². The zero-order valence-corrected chi connectivity index (χ0v) is 16.0. The lowest BCUT2D eigenvalue weighted by atomic mass is 10.1. The summed E-state index contributed by atoms with van der Waals surface area (Å²) in [6, 6.07) is 13.2. The quantitative estimate of drug-likeness (QED) is 0.757. The van der Waals surface area contributed by atoms with Gasteiger partial charge in [0.1, 0.15) is 0 Å². The van der Waals surface area contributed by atoms with Gasteiger partial charge in [-0.25, -0.2) is 0 Å². The van der Waals surface area contributed by atoms with E-state index in [2.05, 4.69) is 15.9 Å². The van der Waals surface area contributed by atoms with Crippen molar-refractivity contribution in [2.24, 2.45) is 0 Å². The number of hydrogen-bond donors (Lipinski definition) is 0. The van der Waals surface area contributed by atoms with Gasteiger partial charge in [0.15, 0.2) is 0 Å². The second-order valence-electron chi connectivity index (χ2n) is 6.34. The van der Waals surface area contributed by atoms with Gasteiger partial charge < -0.3 is 9.80 Å². The molecule has 0 unspecified atom stereocenters. The lowest BCUT2D eigenvalue weighted by molar-refractivity contribution is -0.119. The molecule has 0 radical (unpaired) electrons. The number of aryl methyl sites for hydroxylation is 1. The number of hydrogen-bond acceptors (Lipinski definition) is 2. The zero-order chi connectivity index (χ0) is 18.0. The van der Waals surface area contributed by atoms with Gasteiger partial charge in [-0.05, 0) is 67.8 Å². The molecule has 0 atom stereocenters. The number of halogens is 1. The van der Waals surface area contributed by atoms with Crippen LogP contribution in [0.2, 0.25) is 0 Å². The van der Waals surface area contributed by atoms with E-state index < -0.39 is 0 Å². The summed E-state index contributed by atoms with van der Waals surface area (Å²) in [4.78, 5) is 28.2. The van der Waals surface area contributed by atoms with E-state index in [4.69, 9.17) is 0 Å². The van der Waals surface area contributed by atoms with Crippen molar-refractivity contribution in [3.8, 4) is 0 Å². The minimum atomic E-state index is -0.0676. The molecule has 0 bridgehead atoms. The number of nitrogens with zero attached hydrogens (tertiary/aromatic N) is 2. The third-order valence-electron chi connectivity index (χ3n) is 4.57. The standard InChI is InChI=1S/C20H21BrN2O2/c1-14-13-16(21)8-11-18(14)22(2)20(25)15-6-9-17(10-7-15)23-12-4-3-5-19(23)24/h6-11,13H,3-5,12H2,1-2H3. The summed E-state index contributed by atoms with van der Waals surface area (Å²) >= 11 is 3.44. The zero-order valence-electron chi connectivity index (χ0n) is 14.5. The van der Waals surface area contributed by atoms with Crippen molar-refractivity contribution >= 4 is 39.1 Å². The van der Waals surface area contributed by atoms with Gasteiger partial charge in [-0.3, -0.25) is 9.59 Å². The van der Waals surface area contributed by atoms with Crippen molar-refractivity contribution in [3.05, 3.63) is 58.1 Å². The van der Waals surface area contributed by atoms with Crippen LogP contribution in [0.5, 0.6) is 0 Å². The van der Waals surface area contributed by atoms with Crippen LogP contribution >= 0.6 is 15.9 Å². The van der Waals surface area contributed by atoms with Crippen LogP contribution in [-0.2, 0) is 4.79 Å². The fourth-order valence-corrected chi connectivity index (χ4v) is 3.64. The van der Waals surface area contributed by atoms with Crippen LogP contribution in [0.3, 0.4) is 0 Å². The number of amides is 2. The Morgan fingerprint density at radius 2 is 1.84 bits per heavy atom. The van der Waals surface area contributed by atoms with E-state index in [9.17, 15) is 9.59 Å². The highest BCUT2D eigenvalue weighted by atomic mass is 79.9. The number of rotatable bonds is 3. The summed E-state index contributed by atoms with van der Waals surface area (Å²) in [5.74, 6) is 0.0925. The van der Waals surface area contributed by atoms with Gasteiger partial charge in [-0.15, -0.1) is 0 Å². The summed E-state index contributed by atoms with van der Waals surface area (Å²) in [5.41, 5.74) is 3.38. The van der Waals surface area contributed by atoms with Crippen molar-refractivity contribution in [1.29, 1.82) is 0 Å². The SMILES string of the molecule is Cc1cc(Br)ccc1N(C)C(=O)c1ccc(N2CCCCC2=O)cc1. The van der Waals surface area contributed by atoms with Crippen molar-refractivity contribution in [1.82, 2.24) is 0 Å². The lowest BCUT2D eigenvalue weighted by Gasteiger charge is -2.27. The maximum absolute atomic E-state index is 12.8. The van der Waals surface area contributed by atoms with Crippen LogP contribution in [0.25, 0.3) is 0 Å². The normalized spacial score (nSPS) is 14.5. The summed E-state index contributed by atoms with van der Waals surface area (Å²) < 4.78 is 0.991. The number of carbonyl (C=O) groups is 2. The molecular weight excluding hydrogens is 380 g/mol. The summed E-state index contributed by atoms with van der Waals surface area (Å²) in [6.45, 7) is 2.74. The van der Waals surface area contributed by atoms with E-state index in [1.54, 1.807) is 29.0 Å². The molecule has 2 amide bonds. The third kappa shape index (κ3) is 3.76. The molecule has 0 spiro atoms. The Morgan fingerprint density at radius 3 is 2.48 bits per heavy atom. The van der Waals surface area contributed by atoms with Crippen LogP contribution < -0.4 is 9.80 Å². The summed E-state index contributed by atoms with van der Waals surface area (Å²) in [6.07, 6.45) is 2.59. The molecule has 0 aliphatic carbocycles. The van der Waals surface area contributed by atoms with Gasteiger partial charge in [0.2, 0.25) is 5.91 Å². The average molecular weight is 401 g/mol. The number of anilines is 2. The van der Waals surface area contributed by atoms with Gasteiger partial charge in [0, 0.05) is 41.4 Å². The van der Waals surface area contributed by atoms with Crippen LogP contribution in [0.1, 0.15) is 35.2 Å². The van der Waals surface area contributed by atoms with E-state index in [0.717, 1.165) is 40.8 Å². The maximum atomic E-state index is 12.8. The summed E-state index contributed by atoms with van der Waals surface area (Å²) in [5, 5.41) is 0. The molecule has 2 aromatic carbocycles. The first-order valence-electron chi connectivity index (χ1n) is 8.42. The number of carbonyl (C=O) groups excluding carboxylic acids is 2. The molecule has 1 saturated heterocycles. The topological polar surface area (TPSA) is 40.6 Å². The number of piperidine rings is 1. The predicted octanol–water partition coefficient (Wildman–Crippen LogP) is 4.55. The number of benzene rings is 2. The molecule has 1 aliphatic heterocycles. The van der Waals surface area contributed by atoms with Crippen molar-refractivity contribution in [2.45, 2.75) is 26.2 Å². The molecule has 4 nitrogen and oxygen atoms in total. The molecule has 0 saturated carbocycles. The van der Waals surface area contributed by atoms with Gasteiger partial charge in [0.25, 0.3) is 5.91 Å². The first kappa shape index (κ1) is 17.7. The molecule has 130 valence electrons. The van der Waals surface area contributed by atoms with E-state index in [1.807, 2.05) is 37.3 Å². The van der Waals surface area contributed by atoms with Crippen LogP contribution in [0.15, 0.2) is 46.9 Å². The molecule has 3 rings (SSSR count). The average Bonchev–Trinajstić information content (AvgIpc) is 2.61. The monoisotopic (exact) mass is 400 g/mol. The highest BCUT2D eigenvalue weighted by molar-refractivity contribution is 9.10. The van der Waals surface area contributed by atoms with Crippen molar-refractivity contribution in [2.75, 3.05) is 23.4 Å². The Balaban J connectivity index is 1.79. The highest BCUT2D eigenvalue weighted by Gasteiger charge is 2.20. The Labute approximate surface area is 156 Å². The predicted molar refractivity (Wildman–Crippen MR) is 104 cm³/mol. The van der Waals surface area contributed by atoms with Gasteiger partial charge in [0.05, 0.1) is 0 Å². The molecule has 5 heteroatoms. The lowest BCUT2D eigenvalue weighted by Crippen LogP contribution is -2.35. The van der Waals surface area contributed by atoms with Crippen molar-refractivity contribution < 1.29 is 9.59 Å². The van der Waals surface area contributed by atoms with E-state index in [-0.39, 0.29) is 11.8 Å². The van der Waals surface area contributed by atoms with Crippen LogP contribution in [0.4, 0.5) is 11.4 Å². The largest absolute Gasteiger partial charge is 0.312 e. The second kappa shape index (κ2) is 7.40. The molecular formula is C20H21BrN2O2. The first-order valence-corrected chi connectivity index (χ1v) is 9.21. The maximum Gasteiger partial charge on any atom is 0.258 e. The Hall–Kier alpha value is -2.14.